The summed E-state index contributed by atoms with van der Waals surface area (Å²) in [4.78, 5) is 4.90. The standard InChI is InChI=1S/C16H24ClFN2/c1-4-15-11-19(7-8-20(15)12(2)3)10-13-5-6-14(17)9-16(13)18/h5-6,9,12,15H,4,7-8,10-11H2,1-3H3/t15-/m1/s1. The van der Waals surface area contributed by atoms with Gasteiger partial charge in [-0.05, 0) is 32.4 Å². The van der Waals surface area contributed by atoms with Gasteiger partial charge in [-0.3, -0.25) is 9.80 Å². The molecular formula is C16H24ClFN2. The van der Waals surface area contributed by atoms with Crippen LogP contribution >= 0.6 is 11.6 Å². The van der Waals surface area contributed by atoms with Gasteiger partial charge in [-0.25, -0.2) is 4.39 Å². The number of hydrogen-bond donors (Lipinski definition) is 0. The third-order valence-corrected chi connectivity index (χ3v) is 4.39. The number of piperazine rings is 1. The van der Waals surface area contributed by atoms with Crippen LogP contribution in [0, 0.1) is 5.82 Å². The van der Waals surface area contributed by atoms with E-state index in [1.165, 1.54) is 6.07 Å². The maximum Gasteiger partial charge on any atom is 0.129 e. The fraction of sp³-hybridized carbons (Fsp3) is 0.625. The first-order valence-corrected chi connectivity index (χ1v) is 7.81. The molecule has 2 nitrogen and oxygen atoms in total. The lowest BCUT2D eigenvalue weighted by atomic mass is 10.1. The molecule has 4 heteroatoms. The molecule has 20 heavy (non-hydrogen) atoms. The van der Waals surface area contributed by atoms with Crippen molar-refractivity contribution in [1.82, 2.24) is 9.80 Å². The molecule has 0 amide bonds. The Labute approximate surface area is 126 Å². The van der Waals surface area contributed by atoms with Crippen LogP contribution in [-0.2, 0) is 6.54 Å². The number of nitrogens with zero attached hydrogens (tertiary/aromatic N) is 2. The van der Waals surface area contributed by atoms with E-state index in [2.05, 4.69) is 30.6 Å². The van der Waals surface area contributed by atoms with Gasteiger partial charge in [-0.2, -0.15) is 0 Å². The predicted molar refractivity (Wildman–Crippen MR) is 82.6 cm³/mol. The Morgan fingerprint density at radius 1 is 1.35 bits per heavy atom. The van der Waals surface area contributed by atoms with Crippen molar-refractivity contribution in [1.29, 1.82) is 0 Å². The fourth-order valence-corrected chi connectivity index (χ4v) is 3.17. The Kier molecular flexibility index (Phi) is 5.42. The highest BCUT2D eigenvalue weighted by Gasteiger charge is 2.27. The summed E-state index contributed by atoms with van der Waals surface area (Å²) in [6, 6.07) is 6.11. The van der Waals surface area contributed by atoms with Crippen LogP contribution in [0.2, 0.25) is 5.02 Å². The van der Waals surface area contributed by atoms with Crippen molar-refractivity contribution in [3.05, 3.63) is 34.6 Å². The molecule has 0 aliphatic carbocycles. The normalized spacial score (nSPS) is 21.6. The lowest BCUT2D eigenvalue weighted by Gasteiger charge is -2.43. The molecule has 1 aliphatic heterocycles. The Hall–Kier alpha value is -0.640. The van der Waals surface area contributed by atoms with Gasteiger partial charge in [0.15, 0.2) is 0 Å². The molecule has 0 radical (unpaired) electrons. The molecule has 0 N–H and O–H groups in total. The molecule has 0 aromatic heterocycles. The van der Waals surface area contributed by atoms with Crippen LogP contribution in [0.1, 0.15) is 32.8 Å². The Morgan fingerprint density at radius 3 is 2.70 bits per heavy atom. The summed E-state index contributed by atoms with van der Waals surface area (Å²) in [6.07, 6.45) is 1.14. The average Bonchev–Trinajstić information content (AvgIpc) is 2.41. The maximum atomic E-state index is 13.9. The van der Waals surface area contributed by atoms with Crippen molar-refractivity contribution < 1.29 is 4.39 Å². The Morgan fingerprint density at radius 2 is 2.10 bits per heavy atom. The SMILES string of the molecule is CC[C@@H]1CN(Cc2ccc(Cl)cc2F)CCN1C(C)C. The van der Waals surface area contributed by atoms with E-state index in [4.69, 9.17) is 11.6 Å². The minimum absolute atomic E-state index is 0.197. The van der Waals surface area contributed by atoms with E-state index in [9.17, 15) is 4.39 Å². The molecule has 1 atom stereocenters. The molecule has 0 saturated carbocycles. The zero-order valence-corrected chi connectivity index (χ0v) is 13.3. The summed E-state index contributed by atoms with van der Waals surface area (Å²) >= 11 is 5.80. The minimum atomic E-state index is -0.197. The van der Waals surface area contributed by atoms with E-state index in [-0.39, 0.29) is 5.82 Å². The smallest absolute Gasteiger partial charge is 0.129 e. The van der Waals surface area contributed by atoms with E-state index < -0.39 is 0 Å². The molecule has 1 fully saturated rings. The third kappa shape index (κ3) is 3.72. The Balaban J connectivity index is 2.01. The monoisotopic (exact) mass is 298 g/mol. The second-order valence-corrected chi connectivity index (χ2v) is 6.30. The molecule has 112 valence electrons. The maximum absolute atomic E-state index is 13.9. The van der Waals surface area contributed by atoms with E-state index in [0.717, 1.165) is 31.6 Å². The highest BCUT2D eigenvalue weighted by atomic mass is 35.5. The van der Waals surface area contributed by atoms with Crippen molar-refractivity contribution >= 4 is 11.6 Å². The van der Waals surface area contributed by atoms with E-state index in [1.54, 1.807) is 12.1 Å². The van der Waals surface area contributed by atoms with Gasteiger partial charge in [-0.1, -0.05) is 24.6 Å². The molecule has 2 rings (SSSR count). The number of halogens is 2. The van der Waals surface area contributed by atoms with Crippen LogP contribution in [-0.4, -0.2) is 41.5 Å². The first-order valence-electron chi connectivity index (χ1n) is 7.43. The van der Waals surface area contributed by atoms with Crippen LogP contribution in [0.4, 0.5) is 4.39 Å². The lowest BCUT2D eigenvalue weighted by molar-refractivity contribution is 0.0452. The van der Waals surface area contributed by atoms with Gasteiger partial charge in [0.25, 0.3) is 0 Å². The van der Waals surface area contributed by atoms with Gasteiger partial charge >= 0.3 is 0 Å². The summed E-state index contributed by atoms with van der Waals surface area (Å²) in [7, 11) is 0. The molecule has 1 aromatic rings. The largest absolute Gasteiger partial charge is 0.296 e. The summed E-state index contributed by atoms with van der Waals surface area (Å²) in [6.45, 7) is 10.5. The van der Waals surface area contributed by atoms with Crippen molar-refractivity contribution in [2.45, 2.75) is 45.8 Å². The second-order valence-electron chi connectivity index (χ2n) is 5.86. The predicted octanol–water partition coefficient (Wildman–Crippen LogP) is 3.78. The van der Waals surface area contributed by atoms with Crippen LogP contribution in [0.15, 0.2) is 18.2 Å². The van der Waals surface area contributed by atoms with Crippen LogP contribution in [0.25, 0.3) is 0 Å². The molecule has 1 aliphatic rings. The van der Waals surface area contributed by atoms with Gasteiger partial charge in [0.05, 0.1) is 0 Å². The molecule has 0 unspecified atom stereocenters. The third-order valence-electron chi connectivity index (χ3n) is 4.16. The zero-order chi connectivity index (χ0) is 14.7. The molecule has 0 bridgehead atoms. The second kappa shape index (κ2) is 6.88. The van der Waals surface area contributed by atoms with Crippen LogP contribution in [0.5, 0.6) is 0 Å². The van der Waals surface area contributed by atoms with E-state index >= 15 is 0 Å². The van der Waals surface area contributed by atoms with Crippen molar-refractivity contribution in [2.75, 3.05) is 19.6 Å². The summed E-state index contributed by atoms with van der Waals surface area (Å²) < 4.78 is 13.9. The number of hydrogen-bond acceptors (Lipinski definition) is 2. The van der Waals surface area contributed by atoms with Gasteiger partial charge in [0, 0.05) is 48.8 Å². The fourth-order valence-electron chi connectivity index (χ4n) is 3.01. The van der Waals surface area contributed by atoms with Gasteiger partial charge < -0.3 is 0 Å². The molecule has 1 aromatic carbocycles. The quantitative estimate of drug-likeness (QED) is 0.834. The molecule has 1 heterocycles. The molecular weight excluding hydrogens is 275 g/mol. The summed E-state index contributed by atoms with van der Waals surface area (Å²) in [5.41, 5.74) is 0.738. The summed E-state index contributed by atoms with van der Waals surface area (Å²) in [5, 5.41) is 0.460. The average molecular weight is 299 g/mol. The van der Waals surface area contributed by atoms with E-state index in [1.807, 2.05) is 0 Å². The summed E-state index contributed by atoms with van der Waals surface area (Å²) in [5.74, 6) is -0.197. The highest BCUT2D eigenvalue weighted by Crippen LogP contribution is 2.20. The first kappa shape index (κ1) is 15.7. The van der Waals surface area contributed by atoms with Crippen LogP contribution in [0.3, 0.4) is 0 Å². The minimum Gasteiger partial charge on any atom is -0.296 e. The first-order chi connectivity index (χ1) is 9.51. The number of benzene rings is 1. The van der Waals surface area contributed by atoms with Crippen LogP contribution < -0.4 is 0 Å². The molecule has 0 spiro atoms. The highest BCUT2D eigenvalue weighted by molar-refractivity contribution is 6.30. The van der Waals surface area contributed by atoms with Crippen molar-refractivity contribution in [3.8, 4) is 0 Å². The Bertz CT molecular complexity index is 450. The topological polar surface area (TPSA) is 6.48 Å². The van der Waals surface area contributed by atoms with Gasteiger partial charge in [0.1, 0.15) is 5.82 Å². The van der Waals surface area contributed by atoms with E-state index in [0.29, 0.717) is 23.7 Å². The molecule has 1 saturated heterocycles. The van der Waals surface area contributed by atoms with Gasteiger partial charge in [0.2, 0.25) is 0 Å². The van der Waals surface area contributed by atoms with Gasteiger partial charge in [-0.15, -0.1) is 0 Å². The zero-order valence-electron chi connectivity index (χ0n) is 12.6. The lowest BCUT2D eigenvalue weighted by Crippen LogP contribution is -2.54. The van der Waals surface area contributed by atoms with Crippen molar-refractivity contribution in [2.24, 2.45) is 0 Å². The van der Waals surface area contributed by atoms with Crippen molar-refractivity contribution in [3.63, 3.8) is 0 Å². The number of rotatable bonds is 4.